The van der Waals surface area contributed by atoms with Crippen LogP contribution >= 0.6 is 0 Å². The van der Waals surface area contributed by atoms with Gasteiger partial charge in [0.25, 0.3) is 11.5 Å². The van der Waals surface area contributed by atoms with E-state index in [-0.39, 0.29) is 29.2 Å². The molecule has 1 amide bonds. The second-order valence-electron chi connectivity index (χ2n) is 8.96. The molecular formula is C25H34N4O3. The lowest BCUT2D eigenvalue weighted by molar-refractivity contribution is 0.0326. The van der Waals surface area contributed by atoms with E-state index in [9.17, 15) is 9.59 Å². The Morgan fingerprint density at radius 1 is 0.969 bits per heavy atom. The number of carbonyl (C=O) groups is 1. The summed E-state index contributed by atoms with van der Waals surface area (Å²) < 4.78 is 6.97. The number of carbonyl (C=O) groups excluding carboxylic acids is 1. The fourth-order valence-electron chi connectivity index (χ4n) is 5.02. The molecule has 2 heterocycles. The van der Waals surface area contributed by atoms with Crippen LogP contribution in [0.25, 0.3) is 0 Å². The highest BCUT2D eigenvalue weighted by Crippen LogP contribution is 2.35. The van der Waals surface area contributed by atoms with Gasteiger partial charge in [0.2, 0.25) is 0 Å². The Labute approximate surface area is 189 Å². The summed E-state index contributed by atoms with van der Waals surface area (Å²) in [6.45, 7) is 3.48. The van der Waals surface area contributed by atoms with Gasteiger partial charge in [-0.25, -0.2) is 4.68 Å². The monoisotopic (exact) mass is 438 g/mol. The van der Waals surface area contributed by atoms with Crippen LogP contribution < -0.4 is 15.6 Å². The van der Waals surface area contributed by atoms with E-state index in [1.165, 1.54) is 55.3 Å². The van der Waals surface area contributed by atoms with Crippen LogP contribution in [-0.2, 0) is 6.54 Å². The number of amides is 1. The normalized spacial score (nSPS) is 18.8. The zero-order chi connectivity index (χ0) is 22.2. The number of para-hydroxylation sites is 1. The third kappa shape index (κ3) is 5.57. The largest absolute Gasteiger partial charge is 0.492 e. The van der Waals surface area contributed by atoms with Crippen molar-refractivity contribution in [3.63, 3.8) is 0 Å². The average Bonchev–Trinajstić information content (AvgIpc) is 2.85. The molecule has 2 aliphatic rings. The minimum Gasteiger partial charge on any atom is -0.492 e. The smallest absolute Gasteiger partial charge is 0.271 e. The van der Waals surface area contributed by atoms with Gasteiger partial charge in [0, 0.05) is 18.2 Å². The van der Waals surface area contributed by atoms with Crippen molar-refractivity contribution in [2.24, 2.45) is 0 Å². The quantitative estimate of drug-likeness (QED) is 0.685. The van der Waals surface area contributed by atoms with Crippen LogP contribution in [0, 0.1) is 0 Å². The van der Waals surface area contributed by atoms with Crippen molar-refractivity contribution < 1.29 is 9.53 Å². The number of hydrogen-bond acceptors (Lipinski definition) is 5. The number of nitrogens with one attached hydrogen (secondary N) is 1. The molecule has 7 heteroatoms. The molecule has 1 N–H and O–H groups in total. The topological polar surface area (TPSA) is 76.5 Å². The molecule has 7 nitrogen and oxygen atoms in total. The molecule has 1 aliphatic carbocycles. The first-order chi connectivity index (χ1) is 15.7. The predicted molar refractivity (Wildman–Crippen MR) is 124 cm³/mol. The third-order valence-corrected chi connectivity index (χ3v) is 6.80. The summed E-state index contributed by atoms with van der Waals surface area (Å²) in [5.41, 5.74) is 0.0935. The van der Waals surface area contributed by atoms with Gasteiger partial charge in [0.05, 0.1) is 6.54 Å². The molecule has 2 fully saturated rings. The van der Waals surface area contributed by atoms with Crippen LogP contribution in [0.1, 0.15) is 61.9 Å². The summed E-state index contributed by atoms with van der Waals surface area (Å²) in [7, 11) is 0. The summed E-state index contributed by atoms with van der Waals surface area (Å²) in [4.78, 5) is 27.8. The second-order valence-corrected chi connectivity index (χ2v) is 8.96. The molecule has 1 aliphatic heterocycles. The molecule has 2 aromatic rings. The molecule has 1 aromatic carbocycles. The van der Waals surface area contributed by atoms with Crippen LogP contribution in [0.15, 0.2) is 47.3 Å². The molecular weight excluding hydrogens is 404 g/mol. The maximum Gasteiger partial charge on any atom is 0.271 e. The standard InChI is InChI=1S/C25H34N4O3/c30-23-13-12-22(27-29(23)18-19-32-21-10-4-1-5-11-21)24(31)26-20-25(14-6-2-7-15-25)28-16-8-3-9-17-28/h1,4-5,10-13H,2-3,6-9,14-20H2,(H,26,31). The van der Waals surface area contributed by atoms with Crippen LogP contribution in [-0.4, -0.2) is 52.4 Å². The molecule has 0 bridgehead atoms. The summed E-state index contributed by atoms with van der Waals surface area (Å²) >= 11 is 0. The van der Waals surface area contributed by atoms with E-state index in [4.69, 9.17) is 4.74 Å². The lowest BCUT2D eigenvalue weighted by Crippen LogP contribution is -2.58. The SMILES string of the molecule is O=C(NCC1(N2CCCCC2)CCCCC1)c1ccc(=O)n(CCOc2ccccc2)n1. The van der Waals surface area contributed by atoms with Crippen molar-refractivity contribution in [3.8, 4) is 5.75 Å². The van der Waals surface area contributed by atoms with E-state index in [1.807, 2.05) is 30.3 Å². The highest BCUT2D eigenvalue weighted by atomic mass is 16.5. The highest BCUT2D eigenvalue weighted by Gasteiger charge is 2.38. The van der Waals surface area contributed by atoms with E-state index >= 15 is 0 Å². The Balaban J connectivity index is 1.38. The van der Waals surface area contributed by atoms with Crippen LogP contribution in [0.5, 0.6) is 5.75 Å². The van der Waals surface area contributed by atoms with Crippen LogP contribution in [0.2, 0.25) is 0 Å². The van der Waals surface area contributed by atoms with Gasteiger partial charge in [0.15, 0.2) is 0 Å². The fourth-order valence-corrected chi connectivity index (χ4v) is 5.02. The fraction of sp³-hybridized carbons (Fsp3) is 0.560. The van der Waals surface area contributed by atoms with Gasteiger partial charge in [-0.15, -0.1) is 0 Å². The van der Waals surface area contributed by atoms with Gasteiger partial charge in [-0.2, -0.15) is 5.10 Å². The Morgan fingerprint density at radius 2 is 1.69 bits per heavy atom. The number of nitrogens with zero attached hydrogens (tertiary/aromatic N) is 3. The van der Waals surface area contributed by atoms with Crippen molar-refractivity contribution in [2.45, 2.75) is 63.5 Å². The molecule has 0 radical (unpaired) electrons. The zero-order valence-corrected chi connectivity index (χ0v) is 18.8. The number of aromatic nitrogens is 2. The van der Waals surface area contributed by atoms with E-state index in [1.54, 1.807) is 0 Å². The average molecular weight is 439 g/mol. The van der Waals surface area contributed by atoms with Gasteiger partial charge < -0.3 is 10.1 Å². The van der Waals surface area contributed by atoms with Gasteiger partial charge in [-0.05, 0) is 57.0 Å². The summed E-state index contributed by atoms with van der Waals surface area (Å²) in [5, 5.41) is 7.45. The second kappa shape index (κ2) is 10.8. The van der Waals surface area contributed by atoms with E-state index in [0.717, 1.165) is 31.7 Å². The Hall–Kier alpha value is -2.67. The molecule has 4 rings (SSSR count). The molecule has 0 unspecified atom stereocenters. The number of ether oxygens (including phenoxy) is 1. The van der Waals surface area contributed by atoms with Gasteiger partial charge in [-0.1, -0.05) is 43.9 Å². The summed E-state index contributed by atoms with van der Waals surface area (Å²) in [5.74, 6) is 0.523. The first-order valence-corrected chi connectivity index (χ1v) is 12.0. The third-order valence-electron chi connectivity index (χ3n) is 6.80. The molecule has 1 saturated heterocycles. The minimum absolute atomic E-state index is 0.0618. The van der Waals surface area contributed by atoms with Crippen molar-refractivity contribution in [3.05, 3.63) is 58.5 Å². The lowest BCUT2D eigenvalue weighted by Gasteiger charge is -2.48. The Morgan fingerprint density at radius 3 is 2.44 bits per heavy atom. The van der Waals surface area contributed by atoms with Crippen LogP contribution in [0.3, 0.4) is 0 Å². The number of piperidine rings is 1. The van der Waals surface area contributed by atoms with Crippen molar-refractivity contribution in [2.75, 3.05) is 26.2 Å². The number of hydrogen-bond donors (Lipinski definition) is 1. The molecule has 32 heavy (non-hydrogen) atoms. The van der Waals surface area contributed by atoms with Crippen molar-refractivity contribution in [1.29, 1.82) is 0 Å². The molecule has 0 atom stereocenters. The Bertz CT molecular complexity index is 932. The maximum atomic E-state index is 12.9. The molecule has 172 valence electrons. The zero-order valence-electron chi connectivity index (χ0n) is 18.8. The predicted octanol–water partition coefficient (Wildman–Crippen LogP) is 3.24. The summed E-state index contributed by atoms with van der Waals surface area (Å²) in [6.07, 6.45) is 9.78. The molecule has 1 aromatic heterocycles. The van der Waals surface area contributed by atoms with Crippen LogP contribution in [0.4, 0.5) is 0 Å². The van der Waals surface area contributed by atoms with E-state index in [2.05, 4.69) is 15.3 Å². The van der Waals surface area contributed by atoms with Gasteiger partial charge in [0.1, 0.15) is 18.1 Å². The number of benzene rings is 1. The Kier molecular flexibility index (Phi) is 7.58. The first-order valence-electron chi connectivity index (χ1n) is 12.0. The van der Waals surface area contributed by atoms with Crippen molar-refractivity contribution in [1.82, 2.24) is 20.0 Å². The number of rotatable bonds is 8. The van der Waals surface area contributed by atoms with Gasteiger partial charge in [-0.3, -0.25) is 14.5 Å². The molecule has 0 spiro atoms. The maximum absolute atomic E-state index is 12.9. The number of likely N-dealkylation sites (tertiary alicyclic amines) is 1. The van der Waals surface area contributed by atoms with Crippen molar-refractivity contribution >= 4 is 5.91 Å². The lowest BCUT2D eigenvalue weighted by atomic mass is 9.79. The van der Waals surface area contributed by atoms with E-state index < -0.39 is 0 Å². The highest BCUT2D eigenvalue weighted by molar-refractivity contribution is 5.92. The molecule has 1 saturated carbocycles. The summed E-state index contributed by atoms with van der Waals surface area (Å²) in [6, 6.07) is 12.4. The first kappa shape index (κ1) is 22.5. The minimum atomic E-state index is -0.240. The van der Waals surface area contributed by atoms with Gasteiger partial charge >= 0.3 is 0 Å². The van der Waals surface area contributed by atoms with E-state index in [0.29, 0.717) is 13.2 Å².